The van der Waals surface area contributed by atoms with E-state index in [1.807, 2.05) is 6.07 Å². The standard InChI is InChI=1S/C16H27ClOSi/c1-4-7-12-19(18-6-3,13-8-5-2)16-11-9-10-15(17)14-16/h9-11,14H,4-8,12-13H2,1-3H3. The Hall–Kier alpha value is -0.313. The van der Waals surface area contributed by atoms with E-state index in [1.165, 1.54) is 43.0 Å². The average Bonchev–Trinajstić information content (AvgIpc) is 2.42. The van der Waals surface area contributed by atoms with Crippen LogP contribution in [0.25, 0.3) is 0 Å². The first kappa shape index (κ1) is 16.7. The zero-order chi connectivity index (χ0) is 14.1. The van der Waals surface area contributed by atoms with E-state index in [0.717, 1.165) is 11.6 Å². The molecule has 0 atom stereocenters. The molecule has 0 bridgehead atoms. The Balaban J connectivity index is 3.04. The quantitative estimate of drug-likeness (QED) is 0.574. The van der Waals surface area contributed by atoms with E-state index < -0.39 is 8.32 Å². The van der Waals surface area contributed by atoms with E-state index >= 15 is 0 Å². The zero-order valence-corrected chi connectivity index (χ0v) is 14.3. The van der Waals surface area contributed by atoms with Crippen molar-refractivity contribution in [2.45, 2.75) is 58.5 Å². The van der Waals surface area contributed by atoms with Crippen molar-refractivity contribution in [3.8, 4) is 0 Å². The van der Waals surface area contributed by atoms with Crippen molar-refractivity contribution in [3.05, 3.63) is 29.3 Å². The maximum Gasteiger partial charge on any atom is 0.224 e. The van der Waals surface area contributed by atoms with Gasteiger partial charge in [-0.1, -0.05) is 63.3 Å². The summed E-state index contributed by atoms with van der Waals surface area (Å²) in [4.78, 5) is 0. The van der Waals surface area contributed by atoms with Crippen molar-refractivity contribution < 1.29 is 4.43 Å². The molecule has 1 aromatic rings. The Kier molecular flexibility index (Phi) is 7.73. The lowest BCUT2D eigenvalue weighted by molar-refractivity contribution is 0.326. The monoisotopic (exact) mass is 298 g/mol. The smallest absolute Gasteiger partial charge is 0.224 e. The molecule has 108 valence electrons. The van der Waals surface area contributed by atoms with Crippen LogP contribution in [-0.4, -0.2) is 14.9 Å². The van der Waals surface area contributed by atoms with Gasteiger partial charge in [0.2, 0.25) is 8.32 Å². The molecule has 1 nitrogen and oxygen atoms in total. The highest BCUT2D eigenvalue weighted by atomic mass is 35.5. The molecule has 3 heteroatoms. The Morgan fingerprint density at radius 2 is 1.68 bits per heavy atom. The van der Waals surface area contributed by atoms with Crippen molar-refractivity contribution in [1.82, 2.24) is 0 Å². The van der Waals surface area contributed by atoms with Crippen LogP contribution in [0.3, 0.4) is 0 Å². The molecule has 0 aliphatic carbocycles. The highest BCUT2D eigenvalue weighted by Gasteiger charge is 2.35. The Morgan fingerprint density at radius 1 is 1.05 bits per heavy atom. The molecule has 0 aliphatic heterocycles. The fourth-order valence-corrected chi connectivity index (χ4v) is 7.40. The SMILES string of the molecule is CCCC[Si](CCCC)(OCC)c1cccc(Cl)c1. The first-order valence-corrected chi connectivity index (χ1v) is 10.3. The van der Waals surface area contributed by atoms with Crippen LogP contribution in [0.4, 0.5) is 0 Å². The van der Waals surface area contributed by atoms with Crippen LogP contribution in [0.1, 0.15) is 46.5 Å². The van der Waals surface area contributed by atoms with Gasteiger partial charge in [0.15, 0.2) is 0 Å². The lowest BCUT2D eigenvalue weighted by Gasteiger charge is -2.32. The third kappa shape index (κ3) is 4.94. The molecule has 0 aliphatic rings. The maximum atomic E-state index is 6.36. The lowest BCUT2D eigenvalue weighted by atomic mass is 10.4. The molecule has 0 heterocycles. The summed E-state index contributed by atoms with van der Waals surface area (Å²) in [5.41, 5.74) is 0. The minimum Gasteiger partial charge on any atom is -0.413 e. The fourth-order valence-electron chi connectivity index (χ4n) is 2.61. The Morgan fingerprint density at radius 3 is 2.16 bits per heavy atom. The molecule has 0 amide bonds. The van der Waals surface area contributed by atoms with Gasteiger partial charge in [-0.2, -0.15) is 0 Å². The summed E-state index contributed by atoms with van der Waals surface area (Å²) in [5.74, 6) is 0. The molecule has 19 heavy (non-hydrogen) atoms. The summed E-state index contributed by atoms with van der Waals surface area (Å²) < 4.78 is 6.36. The van der Waals surface area contributed by atoms with E-state index in [0.29, 0.717) is 0 Å². The van der Waals surface area contributed by atoms with Gasteiger partial charge in [-0.15, -0.1) is 0 Å². The first-order valence-electron chi connectivity index (χ1n) is 7.58. The average molecular weight is 299 g/mol. The predicted octanol–water partition coefficient (Wildman–Crippen LogP) is 5.13. The Bertz CT molecular complexity index is 360. The topological polar surface area (TPSA) is 9.23 Å². The number of unbranched alkanes of at least 4 members (excludes halogenated alkanes) is 2. The first-order chi connectivity index (χ1) is 9.18. The maximum absolute atomic E-state index is 6.36. The van der Waals surface area contributed by atoms with Crippen molar-refractivity contribution >= 4 is 25.1 Å². The number of halogens is 1. The second-order valence-electron chi connectivity index (χ2n) is 5.14. The van der Waals surface area contributed by atoms with Crippen LogP contribution in [0.2, 0.25) is 17.1 Å². The summed E-state index contributed by atoms with van der Waals surface area (Å²) in [6.07, 6.45) is 4.97. The van der Waals surface area contributed by atoms with E-state index in [4.69, 9.17) is 16.0 Å². The van der Waals surface area contributed by atoms with Gasteiger partial charge in [-0.05, 0) is 36.3 Å². The van der Waals surface area contributed by atoms with Crippen molar-refractivity contribution in [2.75, 3.05) is 6.61 Å². The molecule has 0 fully saturated rings. The van der Waals surface area contributed by atoms with Gasteiger partial charge < -0.3 is 4.43 Å². The largest absolute Gasteiger partial charge is 0.413 e. The predicted molar refractivity (Wildman–Crippen MR) is 87.9 cm³/mol. The van der Waals surface area contributed by atoms with E-state index in [2.05, 4.69) is 39.0 Å². The second kappa shape index (κ2) is 8.78. The Labute approximate surface area is 124 Å². The summed E-state index contributed by atoms with van der Waals surface area (Å²) in [5, 5.41) is 2.21. The van der Waals surface area contributed by atoms with Crippen molar-refractivity contribution in [2.24, 2.45) is 0 Å². The molecule has 0 N–H and O–H groups in total. The summed E-state index contributed by atoms with van der Waals surface area (Å²) in [6, 6.07) is 10.8. The van der Waals surface area contributed by atoms with Crippen LogP contribution in [0.15, 0.2) is 24.3 Å². The normalized spacial score (nSPS) is 11.8. The molecule has 1 rings (SSSR count). The zero-order valence-electron chi connectivity index (χ0n) is 12.5. The van der Waals surface area contributed by atoms with Gasteiger partial charge in [0, 0.05) is 11.6 Å². The van der Waals surface area contributed by atoms with E-state index in [1.54, 1.807) is 0 Å². The molecular formula is C16H27ClOSi. The molecule has 1 aromatic carbocycles. The molecular weight excluding hydrogens is 272 g/mol. The van der Waals surface area contributed by atoms with Crippen LogP contribution in [0, 0.1) is 0 Å². The van der Waals surface area contributed by atoms with Crippen LogP contribution < -0.4 is 5.19 Å². The van der Waals surface area contributed by atoms with Gasteiger partial charge in [0.25, 0.3) is 0 Å². The molecule has 0 saturated heterocycles. The third-order valence-corrected chi connectivity index (χ3v) is 8.40. The molecule has 0 saturated carbocycles. The minimum atomic E-state index is -1.83. The van der Waals surface area contributed by atoms with Crippen LogP contribution in [0.5, 0.6) is 0 Å². The van der Waals surface area contributed by atoms with Crippen LogP contribution in [-0.2, 0) is 4.43 Å². The summed E-state index contributed by atoms with van der Waals surface area (Å²) in [7, 11) is -1.83. The molecule has 0 spiro atoms. The summed E-state index contributed by atoms with van der Waals surface area (Å²) in [6.45, 7) is 7.43. The number of rotatable bonds is 9. The number of benzene rings is 1. The minimum absolute atomic E-state index is 0.812. The summed E-state index contributed by atoms with van der Waals surface area (Å²) >= 11 is 6.19. The van der Waals surface area contributed by atoms with Gasteiger partial charge in [-0.25, -0.2) is 0 Å². The third-order valence-electron chi connectivity index (χ3n) is 3.64. The lowest BCUT2D eigenvalue weighted by Crippen LogP contribution is -2.50. The van der Waals surface area contributed by atoms with Gasteiger partial charge in [-0.3, -0.25) is 0 Å². The van der Waals surface area contributed by atoms with Crippen molar-refractivity contribution in [1.29, 1.82) is 0 Å². The highest BCUT2D eigenvalue weighted by molar-refractivity contribution is 6.86. The molecule has 0 aromatic heterocycles. The number of hydrogen-bond donors (Lipinski definition) is 0. The van der Waals surface area contributed by atoms with Crippen LogP contribution >= 0.6 is 11.6 Å². The van der Waals surface area contributed by atoms with Gasteiger partial charge >= 0.3 is 0 Å². The highest BCUT2D eigenvalue weighted by Crippen LogP contribution is 2.24. The fraction of sp³-hybridized carbons (Fsp3) is 0.625. The van der Waals surface area contributed by atoms with Gasteiger partial charge in [0.05, 0.1) is 0 Å². The van der Waals surface area contributed by atoms with E-state index in [-0.39, 0.29) is 0 Å². The molecule has 0 unspecified atom stereocenters. The number of hydrogen-bond acceptors (Lipinski definition) is 1. The van der Waals surface area contributed by atoms with E-state index in [9.17, 15) is 0 Å². The van der Waals surface area contributed by atoms with Crippen molar-refractivity contribution in [3.63, 3.8) is 0 Å². The second-order valence-corrected chi connectivity index (χ2v) is 9.44. The van der Waals surface area contributed by atoms with Gasteiger partial charge in [0.1, 0.15) is 0 Å². The molecule has 0 radical (unpaired) electrons.